The molecule has 0 aliphatic heterocycles. The second-order valence-electron chi connectivity index (χ2n) is 3.05. The molecule has 0 bridgehead atoms. The third-order valence-corrected chi connectivity index (χ3v) is 3.02. The van der Waals surface area contributed by atoms with Crippen molar-refractivity contribution in [2.24, 2.45) is 0 Å². The van der Waals surface area contributed by atoms with E-state index in [0.717, 1.165) is 11.3 Å². The Bertz CT molecular complexity index is 501. The third-order valence-electron chi connectivity index (χ3n) is 1.97. The molecule has 0 amide bonds. The lowest BCUT2D eigenvalue weighted by atomic mass is 10.1. The molecule has 0 spiro atoms. The number of anilines is 1. The number of nitrogen functional groups attached to an aromatic ring is 1. The lowest BCUT2D eigenvalue weighted by Crippen LogP contribution is -2.10. The van der Waals surface area contributed by atoms with Gasteiger partial charge in [-0.2, -0.15) is 5.26 Å². The van der Waals surface area contributed by atoms with Gasteiger partial charge in [-0.1, -0.05) is 0 Å². The summed E-state index contributed by atoms with van der Waals surface area (Å²) in [7, 11) is 0. The normalized spacial score (nSPS) is 9.65. The van der Waals surface area contributed by atoms with Crippen molar-refractivity contribution in [2.75, 3.05) is 12.3 Å². The number of nitriles is 1. The molecule has 0 aliphatic carbocycles. The Hall–Kier alpha value is -2.07. The second-order valence-corrected chi connectivity index (χ2v) is 4.10. The molecule has 3 N–H and O–H groups in total. The van der Waals surface area contributed by atoms with Gasteiger partial charge in [0.1, 0.15) is 15.9 Å². The number of hydrogen-bond acceptors (Lipinski definition) is 6. The number of rotatable bonds is 4. The second kappa shape index (κ2) is 5.32. The van der Waals surface area contributed by atoms with Gasteiger partial charge in [-0.25, -0.2) is 4.79 Å². The molecule has 1 aromatic rings. The molecule has 0 unspecified atom stereocenters. The molecule has 1 heterocycles. The summed E-state index contributed by atoms with van der Waals surface area (Å²) < 4.78 is 4.71. The monoisotopic (exact) mass is 254 g/mol. The number of carboxylic acids is 1. The molecule has 6 nitrogen and oxygen atoms in total. The Morgan fingerprint density at radius 2 is 2.24 bits per heavy atom. The van der Waals surface area contributed by atoms with Crippen LogP contribution in [0.5, 0.6) is 0 Å². The Balaban J connectivity index is 3.16. The van der Waals surface area contributed by atoms with E-state index in [-0.39, 0.29) is 34.0 Å². The van der Waals surface area contributed by atoms with Crippen LogP contribution in [0.15, 0.2) is 0 Å². The van der Waals surface area contributed by atoms with Crippen LogP contribution in [-0.4, -0.2) is 23.7 Å². The van der Waals surface area contributed by atoms with E-state index in [9.17, 15) is 9.59 Å². The molecule has 7 heteroatoms. The highest BCUT2D eigenvalue weighted by molar-refractivity contribution is 7.18. The van der Waals surface area contributed by atoms with Crippen molar-refractivity contribution in [3.63, 3.8) is 0 Å². The smallest absolute Gasteiger partial charge is 0.346 e. The zero-order chi connectivity index (χ0) is 13.0. The van der Waals surface area contributed by atoms with Crippen LogP contribution in [0.3, 0.4) is 0 Å². The van der Waals surface area contributed by atoms with E-state index in [4.69, 9.17) is 20.8 Å². The average Bonchev–Trinajstić information content (AvgIpc) is 2.55. The summed E-state index contributed by atoms with van der Waals surface area (Å²) in [6.45, 7) is 1.84. The third kappa shape index (κ3) is 2.73. The lowest BCUT2D eigenvalue weighted by molar-refractivity contribution is -0.142. The zero-order valence-corrected chi connectivity index (χ0v) is 9.84. The fraction of sp³-hybridized carbons (Fsp3) is 0.300. The van der Waals surface area contributed by atoms with Gasteiger partial charge in [-0.15, -0.1) is 11.3 Å². The maximum absolute atomic E-state index is 11.3. The van der Waals surface area contributed by atoms with Crippen molar-refractivity contribution in [1.29, 1.82) is 5.26 Å². The highest BCUT2D eigenvalue weighted by Crippen LogP contribution is 2.31. The van der Waals surface area contributed by atoms with Crippen LogP contribution < -0.4 is 5.73 Å². The van der Waals surface area contributed by atoms with Gasteiger partial charge >= 0.3 is 11.9 Å². The molecule has 0 fully saturated rings. The number of hydrogen-bond donors (Lipinski definition) is 2. The van der Waals surface area contributed by atoms with Crippen LogP contribution in [0.2, 0.25) is 0 Å². The highest BCUT2D eigenvalue weighted by atomic mass is 32.1. The number of carboxylic acid groups (broad SMARTS) is 1. The van der Waals surface area contributed by atoms with E-state index in [1.54, 1.807) is 13.0 Å². The van der Waals surface area contributed by atoms with E-state index < -0.39 is 11.9 Å². The van der Waals surface area contributed by atoms with Crippen LogP contribution in [0.1, 0.15) is 27.7 Å². The van der Waals surface area contributed by atoms with Crippen molar-refractivity contribution in [1.82, 2.24) is 0 Å². The summed E-state index contributed by atoms with van der Waals surface area (Å²) in [5.74, 6) is -1.79. The van der Waals surface area contributed by atoms with Crippen LogP contribution in [0.25, 0.3) is 0 Å². The van der Waals surface area contributed by atoms with Gasteiger partial charge in [0.25, 0.3) is 0 Å². The largest absolute Gasteiger partial charge is 0.477 e. The Kier molecular flexibility index (Phi) is 4.06. The molecule has 1 rings (SSSR count). The molecule has 0 atom stereocenters. The first-order chi connectivity index (χ1) is 8.01. The minimum atomic E-state index is -1.21. The molecule has 1 aromatic heterocycles. The van der Waals surface area contributed by atoms with E-state index in [2.05, 4.69) is 0 Å². The molecule has 0 radical (unpaired) electrons. The maximum Gasteiger partial charge on any atom is 0.346 e. The van der Waals surface area contributed by atoms with Crippen molar-refractivity contribution < 1.29 is 19.4 Å². The summed E-state index contributed by atoms with van der Waals surface area (Å²) >= 11 is 0.782. The van der Waals surface area contributed by atoms with Crippen molar-refractivity contribution >= 4 is 28.3 Å². The van der Waals surface area contributed by atoms with Gasteiger partial charge in [0.05, 0.1) is 18.6 Å². The summed E-state index contributed by atoms with van der Waals surface area (Å²) in [4.78, 5) is 22.1. The zero-order valence-electron chi connectivity index (χ0n) is 9.02. The van der Waals surface area contributed by atoms with E-state index >= 15 is 0 Å². The van der Waals surface area contributed by atoms with Crippen molar-refractivity contribution in [3.8, 4) is 6.07 Å². The standard InChI is InChI=1S/C10H10N2O4S/c1-2-16-7(13)3-5-6(4-11)9(12)17-8(5)10(14)15/h2-3,12H2,1H3,(H,14,15). The molecule has 0 saturated carbocycles. The Morgan fingerprint density at radius 1 is 1.59 bits per heavy atom. The number of nitrogens with two attached hydrogens (primary N) is 1. The number of esters is 1. The van der Waals surface area contributed by atoms with Crippen LogP contribution >= 0.6 is 11.3 Å². The molecule has 0 aliphatic rings. The number of carbonyl (C=O) groups excluding carboxylic acids is 1. The molecule has 0 saturated heterocycles. The van der Waals surface area contributed by atoms with Crippen molar-refractivity contribution in [2.45, 2.75) is 13.3 Å². The number of nitrogens with zero attached hydrogens (tertiary/aromatic N) is 1. The van der Waals surface area contributed by atoms with E-state index in [0.29, 0.717) is 0 Å². The molecule has 0 aromatic carbocycles. The fourth-order valence-electron chi connectivity index (χ4n) is 1.31. The molecular weight excluding hydrogens is 244 g/mol. The summed E-state index contributed by atoms with van der Waals surface area (Å²) in [6.07, 6.45) is -0.258. The van der Waals surface area contributed by atoms with Crippen LogP contribution in [0.4, 0.5) is 5.00 Å². The topological polar surface area (TPSA) is 113 Å². The highest BCUT2D eigenvalue weighted by Gasteiger charge is 2.23. The quantitative estimate of drug-likeness (QED) is 0.775. The fourth-order valence-corrected chi connectivity index (χ4v) is 2.18. The molecule has 90 valence electrons. The van der Waals surface area contributed by atoms with Crippen LogP contribution in [0, 0.1) is 11.3 Å². The summed E-state index contributed by atoms with van der Waals surface area (Å²) in [5, 5.41) is 17.9. The summed E-state index contributed by atoms with van der Waals surface area (Å²) in [5.41, 5.74) is 5.69. The molecular formula is C10H10N2O4S. The van der Waals surface area contributed by atoms with Crippen LogP contribution in [-0.2, 0) is 16.0 Å². The number of ether oxygens (including phenoxy) is 1. The van der Waals surface area contributed by atoms with Gasteiger partial charge in [0.15, 0.2) is 0 Å². The number of aromatic carboxylic acids is 1. The Morgan fingerprint density at radius 3 is 2.71 bits per heavy atom. The van der Waals surface area contributed by atoms with E-state index in [1.807, 2.05) is 0 Å². The predicted octanol–water partition coefficient (Wildman–Crippen LogP) is 1.01. The van der Waals surface area contributed by atoms with Crippen molar-refractivity contribution in [3.05, 3.63) is 16.0 Å². The predicted molar refractivity (Wildman–Crippen MR) is 60.7 cm³/mol. The first-order valence-corrected chi connectivity index (χ1v) is 5.53. The Labute approximate surface area is 101 Å². The van der Waals surface area contributed by atoms with Gasteiger partial charge in [0, 0.05) is 5.56 Å². The lowest BCUT2D eigenvalue weighted by Gasteiger charge is -2.01. The van der Waals surface area contributed by atoms with Gasteiger partial charge in [-0.05, 0) is 6.92 Å². The van der Waals surface area contributed by atoms with E-state index in [1.165, 1.54) is 0 Å². The minimum Gasteiger partial charge on any atom is -0.477 e. The summed E-state index contributed by atoms with van der Waals surface area (Å²) in [6, 6.07) is 1.80. The first-order valence-electron chi connectivity index (χ1n) is 4.71. The van der Waals surface area contributed by atoms with Gasteiger partial charge in [-0.3, -0.25) is 4.79 Å². The first kappa shape index (κ1) is 13.0. The van der Waals surface area contributed by atoms with Gasteiger partial charge < -0.3 is 15.6 Å². The maximum atomic E-state index is 11.3. The minimum absolute atomic E-state index is 0.0421. The average molecular weight is 254 g/mol. The number of carbonyl (C=O) groups is 2. The molecule has 17 heavy (non-hydrogen) atoms. The number of thiophene rings is 1. The van der Waals surface area contributed by atoms with Gasteiger partial charge in [0.2, 0.25) is 0 Å². The SMILES string of the molecule is CCOC(=O)Cc1c(C(=O)O)sc(N)c1C#N.